The first-order valence-electron chi connectivity index (χ1n) is 10.3. The predicted molar refractivity (Wildman–Crippen MR) is 93.1 cm³/mol. The zero-order valence-electron chi connectivity index (χ0n) is 14.9. The van der Waals surface area contributed by atoms with Crippen LogP contribution in [0.2, 0.25) is 0 Å². The highest BCUT2D eigenvalue weighted by Crippen LogP contribution is 2.58. The van der Waals surface area contributed by atoms with Gasteiger partial charge in [0.1, 0.15) is 0 Å². The SMILES string of the molecule is CC1CCCCN1CCC1CCN(C(=O)C2C3CCCC32)CC1. The lowest BCUT2D eigenvalue weighted by Gasteiger charge is -2.36. The third-order valence-corrected chi connectivity index (χ3v) is 7.38. The number of piperidine rings is 2. The third kappa shape index (κ3) is 3.31. The molecule has 3 heteroatoms. The van der Waals surface area contributed by atoms with E-state index >= 15 is 0 Å². The van der Waals surface area contributed by atoms with Gasteiger partial charge in [-0.2, -0.15) is 0 Å². The normalized spacial score (nSPS) is 38.6. The van der Waals surface area contributed by atoms with Crippen LogP contribution < -0.4 is 0 Å². The van der Waals surface area contributed by atoms with E-state index in [0.717, 1.165) is 36.9 Å². The summed E-state index contributed by atoms with van der Waals surface area (Å²) >= 11 is 0. The fraction of sp³-hybridized carbons (Fsp3) is 0.950. The minimum atomic E-state index is 0.439. The summed E-state index contributed by atoms with van der Waals surface area (Å²) in [4.78, 5) is 17.6. The molecule has 3 atom stereocenters. The van der Waals surface area contributed by atoms with Crippen molar-refractivity contribution < 1.29 is 4.79 Å². The van der Waals surface area contributed by atoms with Gasteiger partial charge in [0.25, 0.3) is 0 Å². The quantitative estimate of drug-likeness (QED) is 0.791. The number of hydrogen-bond donors (Lipinski definition) is 0. The maximum Gasteiger partial charge on any atom is 0.226 e. The molecule has 0 radical (unpaired) electrons. The molecule has 23 heavy (non-hydrogen) atoms. The minimum Gasteiger partial charge on any atom is -0.342 e. The van der Waals surface area contributed by atoms with Gasteiger partial charge in [0.05, 0.1) is 0 Å². The Kier molecular flexibility index (Phi) is 4.67. The van der Waals surface area contributed by atoms with Crippen molar-refractivity contribution in [2.75, 3.05) is 26.2 Å². The summed E-state index contributed by atoms with van der Waals surface area (Å²) in [7, 11) is 0. The van der Waals surface area contributed by atoms with Crippen LogP contribution in [0.25, 0.3) is 0 Å². The summed E-state index contributed by atoms with van der Waals surface area (Å²) < 4.78 is 0. The highest BCUT2D eigenvalue weighted by atomic mass is 16.2. The molecule has 2 heterocycles. The Labute approximate surface area is 141 Å². The van der Waals surface area contributed by atoms with Crippen molar-refractivity contribution in [1.82, 2.24) is 9.80 Å². The van der Waals surface area contributed by atoms with Crippen LogP contribution in [0.15, 0.2) is 0 Å². The zero-order chi connectivity index (χ0) is 15.8. The third-order valence-electron chi connectivity index (χ3n) is 7.38. The smallest absolute Gasteiger partial charge is 0.226 e. The topological polar surface area (TPSA) is 23.6 Å². The summed E-state index contributed by atoms with van der Waals surface area (Å²) in [6.45, 7) is 7.06. The van der Waals surface area contributed by atoms with E-state index < -0.39 is 0 Å². The van der Waals surface area contributed by atoms with Crippen molar-refractivity contribution in [2.45, 2.75) is 70.8 Å². The lowest BCUT2D eigenvalue weighted by atomic mass is 9.92. The van der Waals surface area contributed by atoms with E-state index in [0.29, 0.717) is 11.8 Å². The number of carbonyl (C=O) groups excluding carboxylic acids is 1. The molecule has 2 saturated carbocycles. The molecule has 0 aromatic carbocycles. The lowest BCUT2D eigenvalue weighted by Crippen LogP contribution is -2.42. The number of hydrogen-bond acceptors (Lipinski definition) is 2. The van der Waals surface area contributed by atoms with Gasteiger partial charge in [-0.3, -0.25) is 4.79 Å². The van der Waals surface area contributed by atoms with Gasteiger partial charge in [0.15, 0.2) is 0 Å². The van der Waals surface area contributed by atoms with Gasteiger partial charge in [-0.1, -0.05) is 12.8 Å². The highest BCUT2D eigenvalue weighted by molar-refractivity contribution is 5.82. The van der Waals surface area contributed by atoms with E-state index in [4.69, 9.17) is 0 Å². The zero-order valence-corrected chi connectivity index (χ0v) is 14.9. The van der Waals surface area contributed by atoms with Crippen molar-refractivity contribution in [3.05, 3.63) is 0 Å². The maximum absolute atomic E-state index is 12.6. The maximum atomic E-state index is 12.6. The molecule has 130 valence electrons. The molecular weight excluding hydrogens is 284 g/mol. The van der Waals surface area contributed by atoms with Gasteiger partial charge in [-0.15, -0.1) is 0 Å². The second-order valence-electron chi connectivity index (χ2n) is 8.72. The molecule has 3 unspecified atom stereocenters. The Morgan fingerprint density at radius 1 is 0.913 bits per heavy atom. The van der Waals surface area contributed by atoms with Crippen molar-refractivity contribution in [3.8, 4) is 0 Å². The molecule has 0 aromatic heterocycles. The van der Waals surface area contributed by atoms with Gasteiger partial charge >= 0.3 is 0 Å². The largest absolute Gasteiger partial charge is 0.342 e. The summed E-state index contributed by atoms with van der Waals surface area (Å²) in [5, 5.41) is 0. The van der Waals surface area contributed by atoms with Crippen molar-refractivity contribution in [3.63, 3.8) is 0 Å². The average Bonchev–Trinajstić information content (AvgIpc) is 3.05. The molecule has 4 aliphatic rings. The molecule has 4 fully saturated rings. The number of amides is 1. The first-order chi connectivity index (χ1) is 11.2. The molecule has 0 spiro atoms. The van der Waals surface area contributed by atoms with Crippen LogP contribution in [-0.2, 0) is 4.79 Å². The van der Waals surface area contributed by atoms with E-state index in [1.807, 2.05) is 0 Å². The molecule has 2 aliphatic carbocycles. The molecular formula is C20H34N2O. The van der Waals surface area contributed by atoms with Crippen LogP contribution in [-0.4, -0.2) is 47.9 Å². The summed E-state index contributed by atoms with van der Waals surface area (Å²) in [6, 6.07) is 0.791. The minimum absolute atomic E-state index is 0.439. The number of fused-ring (bicyclic) bond motifs is 1. The van der Waals surface area contributed by atoms with E-state index in [1.165, 1.54) is 70.9 Å². The van der Waals surface area contributed by atoms with E-state index in [9.17, 15) is 4.79 Å². The predicted octanol–water partition coefficient (Wildman–Crippen LogP) is 3.54. The van der Waals surface area contributed by atoms with Gasteiger partial charge in [0, 0.05) is 25.0 Å². The summed E-state index contributed by atoms with van der Waals surface area (Å²) in [5.41, 5.74) is 0. The molecule has 0 bridgehead atoms. The Balaban J connectivity index is 1.18. The molecule has 0 aromatic rings. The van der Waals surface area contributed by atoms with E-state index in [-0.39, 0.29) is 0 Å². The first-order valence-corrected chi connectivity index (χ1v) is 10.3. The first kappa shape index (κ1) is 15.9. The number of rotatable bonds is 4. The number of nitrogens with zero attached hydrogens (tertiary/aromatic N) is 2. The van der Waals surface area contributed by atoms with Crippen LogP contribution >= 0.6 is 0 Å². The molecule has 2 aliphatic heterocycles. The van der Waals surface area contributed by atoms with E-state index in [1.54, 1.807) is 0 Å². The molecule has 3 nitrogen and oxygen atoms in total. The van der Waals surface area contributed by atoms with Crippen molar-refractivity contribution in [2.24, 2.45) is 23.7 Å². The van der Waals surface area contributed by atoms with Crippen LogP contribution in [0.4, 0.5) is 0 Å². The van der Waals surface area contributed by atoms with Crippen molar-refractivity contribution in [1.29, 1.82) is 0 Å². The van der Waals surface area contributed by atoms with E-state index in [2.05, 4.69) is 16.7 Å². The molecule has 4 rings (SSSR count). The molecule has 2 saturated heterocycles. The van der Waals surface area contributed by atoms with Gasteiger partial charge < -0.3 is 9.80 Å². The average molecular weight is 319 g/mol. The molecule has 0 N–H and O–H groups in total. The second kappa shape index (κ2) is 6.74. The summed E-state index contributed by atoms with van der Waals surface area (Å²) in [6.07, 6.45) is 12.1. The van der Waals surface area contributed by atoms with Crippen LogP contribution in [0.1, 0.15) is 64.7 Å². The summed E-state index contributed by atoms with van der Waals surface area (Å²) in [5.74, 6) is 3.37. The Morgan fingerprint density at radius 3 is 2.35 bits per heavy atom. The standard InChI is InChI=1S/C20H34N2O/c1-15-5-2-3-11-21(15)12-8-16-9-13-22(14-10-16)20(23)19-17-6-4-7-18(17)19/h15-19H,2-14H2,1H3. The molecule has 1 amide bonds. The number of carbonyl (C=O) groups is 1. The second-order valence-corrected chi connectivity index (χ2v) is 8.72. The lowest BCUT2D eigenvalue weighted by molar-refractivity contribution is -0.134. The van der Waals surface area contributed by atoms with Gasteiger partial charge in [0.2, 0.25) is 5.91 Å². The Bertz CT molecular complexity index is 419. The fourth-order valence-corrected chi connectivity index (χ4v) is 5.68. The van der Waals surface area contributed by atoms with Crippen molar-refractivity contribution >= 4 is 5.91 Å². The fourth-order valence-electron chi connectivity index (χ4n) is 5.68. The van der Waals surface area contributed by atoms with Crippen LogP contribution in [0, 0.1) is 23.7 Å². The Hall–Kier alpha value is -0.570. The van der Waals surface area contributed by atoms with Crippen LogP contribution in [0.5, 0.6) is 0 Å². The monoisotopic (exact) mass is 318 g/mol. The van der Waals surface area contributed by atoms with Gasteiger partial charge in [-0.25, -0.2) is 0 Å². The Morgan fingerprint density at radius 2 is 1.65 bits per heavy atom. The van der Waals surface area contributed by atoms with Gasteiger partial charge in [-0.05, 0) is 82.7 Å². The number of likely N-dealkylation sites (tertiary alicyclic amines) is 2. The highest BCUT2D eigenvalue weighted by Gasteiger charge is 2.57. The van der Waals surface area contributed by atoms with Crippen LogP contribution in [0.3, 0.4) is 0 Å².